The van der Waals surface area contributed by atoms with Crippen molar-refractivity contribution in [1.29, 1.82) is 0 Å². The molecule has 0 bridgehead atoms. The minimum atomic E-state index is 0.0774. The molecule has 1 amide bonds. The summed E-state index contributed by atoms with van der Waals surface area (Å²) >= 11 is 0. The van der Waals surface area contributed by atoms with Gasteiger partial charge in [-0.25, -0.2) is 0 Å². The highest BCUT2D eigenvalue weighted by molar-refractivity contribution is 5.97. The number of carbonyl (C=O) groups is 1. The SMILES string of the molecule is C[C@H](Cc1ccccc1)Oc1ccc2c(c1)N1CCNC[C@@H]1CC(=O)N2. The van der Waals surface area contributed by atoms with E-state index in [4.69, 9.17) is 4.74 Å². The Labute approximate surface area is 154 Å². The molecule has 4 rings (SSSR count). The van der Waals surface area contributed by atoms with E-state index in [2.05, 4.69) is 52.8 Å². The Hall–Kier alpha value is -2.53. The predicted octanol–water partition coefficient (Wildman–Crippen LogP) is 2.82. The zero-order valence-corrected chi connectivity index (χ0v) is 15.1. The molecule has 1 saturated heterocycles. The highest BCUT2D eigenvalue weighted by atomic mass is 16.5. The molecule has 2 aromatic rings. The van der Waals surface area contributed by atoms with Crippen LogP contribution >= 0.6 is 0 Å². The first kappa shape index (κ1) is 16.9. The zero-order valence-electron chi connectivity index (χ0n) is 15.1. The molecule has 1 fully saturated rings. The molecule has 2 atom stereocenters. The van der Waals surface area contributed by atoms with Crippen molar-refractivity contribution in [2.75, 3.05) is 29.9 Å². The highest BCUT2D eigenvalue weighted by Gasteiger charge is 2.30. The van der Waals surface area contributed by atoms with Crippen molar-refractivity contribution in [3.05, 3.63) is 54.1 Å². The average Bonchev–Trinajstić information content (AvgIpc) is 2.78. The third-order valence-corrected chi connectivity index (χ3v) is 5.03. The van der Waals surface area contributed by atoms with E-state index in [-0.39, 0.29) is 18.1 Å². The third-order valence-electron chi connectivity index (χ3n) is 5.03. The number of fused-ring (bicyclic) bond motifs is 3. The number of carbonyl (C=O) groups excluding carboxylic acids is 1. The highest BCUT2D eigenvalue weighted by Crippen LogP contribution is 2.35. The van der Waals surface area contributed by atoms with Crippen LogP contribution in [0.4, 0.5) is 11.4 Å². The van der Waals surface area contributed by atoms with Crippen LogP contribution in [0.5, 0.6) is 5.75 Å². The fourth-order valence-electron chi connectivity index (χ4n) is 3.82. The van der Waals surface area contributed by atoms with E-state index in [1.54, 1.807) is 0 Å². The molecule has 2 heterocycles. The maximum Gasteiger partial charge on any atom is 0.226 e. The Bertz CT molecular complexity index is 778. The van der Waals surface area contributed by atoms with E-state index >= 15 is 0 Å². The number of hydrogen-bond donors (Lipinski definition) is 2. The number of benzene rings is 2. The van der Waals surface area contributed by atoms with Gasteiger partial charge in [0.05, 0.1) is 23.5 Å². The Balaban J connectivity index is 1.54. The molecule has 26 heavy (non-hydrogen) atoms. The number of rotatable bonds is 4. The van der Waals surface area contributed by atoms with Crippen molar-refractivity contribution in [3.63, 3.8) is 0 Å². The zero-order chi connectivity index (χ0) is 17.9. The molecular formula is C21H25N3O2. The molecule has 2 N–H and O–H groups in total. The van der Waals surface area contributed by atoms with E-state index in [0.29, 0.717) is 6.42 Å². The lowest BCUT2D eigenvalue weighted by Crippen LogP contribution is -2.51. The molecule has 2 aromatic carbocycles. The van der Waals surface area contributed by atoms with E-state index in [9.17, 15) is 4.79 Å². The molecule has 5 heteroatoms. The molecule has 0 aliphatic carbocycles. The lowest BCUT2D eigenvalue weighted by atomic mass is 10.1. The van der Waals surface area contributed by atoms with Crippen molar-refractivity contribution in [1.82, 2.24) is 5.32 Å². The number of piperazine rings is 1. The van der Waals surface area contributed by atoms with Gasteiger partial charge in [-0.3, -0.25) is 4.79 Å². The monoisotopic (exact) mass is 351 g/mol. The number of nitrogens with one attached hydrogen (secondary N) is 2. The van der Waals surface area contributed by atoms with Crippen LogP contribution in [0.1, 0.15) is 18.9 Å². The Morgan fingerprint density at radius 2 is 2.08 bits per heavy atom. The second-order valence-corrected chi connectivity index (χ2v) is 7.10. The van der Waals surface area contributed by atoms with E-state index < -0.39 is 0 Å². The maximum absolute atomic E-state index is 12.2. The Kier molecular flexibility index (Phi) is 4.80. The molecule has 2 aliphatic rings. The third kappa shape index (κ3) is 3.68. The molecule has 0 unspecified atom stereocenters. The van der Waals surface area contributed by atoms with Crippen LogP contribution in [-0.2, 0) is 11.2 Å². The van der Waals surface area contributed by atoms with Gasteiger partial charge in [0.2, 0.25) is 5.91 Å². The van der Waals surface area contributed by atoms with Gasteiger partial charge in [-0.1, -0.05) is 30.3 Å². The second-order valence-electron chi connectivity index (χ2n) is 7.10. The fourth-order valence-corrected chi connectivity index (χ4v) is 3.82. The molecule has 0 aromatic heterocycles. The largest absolute Gasteiger partial charge is 0.490 e. The number of hydrogen-bond acceptors (Lipinski definition) is 4. The smallest absolute Gasteiger partial charge is 0.226 e. The van der Waals surface area contributed by atoms with Crippen molar-refractivity contribution < 1.29 is 9.53 Å². The van der Waals surface area contributed by atoms with E-state index in [1.165, 1.54) is 5.56 Å². The Morgan fingerprint density at radius 1 is 1.23 bits per heavy atom. The summed E-state index contributed by atoms with van der Waals surface area (Å²) in [6, 6.07) is 16.6. The molecule has 136 valence electrons. The normalized spacial score (nSPS) is 20.4. The molecule has 5 nitrogen and oxygen atoms in total. The quantitative estimate of drug-likeness (QED) is 0.889. The first-order valence-electron chi connectivity index (χ1n) is 9.31. The summed E-state index contributed by atoms with van der Waals surface area (Å²) in [5.74, 6) is 0.925. The van der Waals surface area contributed by atoms with Crippen molar-refractivity contribution in [2.45, 2.75) is 31.9 Å². The van der Waals surface area contributed by atoms with Crippen LogP contribution in [-0.4, -0.2) is 37.7 Å². The minimum Gasteiger partial charge on any atom is -0.490 e. The Morgan fingerprint density at radius 3 is 2.92 bits per heavy atom. The number of anilines is 2. The lowest BCUT2D eigenvalue weighted by Gasteiger charge is -2.36. The number of nitrogens with zero attached hydrogens (tertiary/aromatic N) is 1. The van der Waals surface area contributed by atoms with Gasteiger partial charge in [0, 0.05) is 38.5 Å². The molecule has 0 radical (unpaired) electrons. The molecule has 0 saturated carbocycles. The maximum atomic E-state index is 12.2. The topological polar surface area (TPSA) is 53.6 Å². The summed E-state index contributed by atoms with van der Waals surface area (Å²) < 4.78 is 6.18. The summed E-state index contributed by atoms with van der Waals surface area (Å²) in [6.45, 7) is 4.76. The van der Waals surface area contributed by atoms with Gasteiger partial charge < -0.3 is 20.3 Å². The van der Waals surface area contributed by atoms with Crippen LogP contribution in [0.2, 0.25) is 0 Å². The van der Waals surface area contributed by atoms with Gasteiger partial charge in [0.1, 0.15) is 5.75 Å². The second kappa shape index (κ2) is 7.38. The van der Waals surface area contributed by atoms with Crippen LogP contribution in [0.15, 0.2) is 48.5 Å². The summed E-state index contributed by atoms with van der Waals surface area (Å²) in [4.78, 5) is 14.5. The van der Waals surface area contributed by atoms with Gasteiger partial charge in [-0.05, 0) is 24.6 Å². The number of ether oxygens (including phenoxy) is 1. The molecule has 0 spiro atoms. The summed E-state index contributed by atoms with van der Waals surface area (Å²) in [5, 5.41) is 6.42. The summed E-state index contributed by atoms with van der Waals surface area (Å²) in [6.07, 6.45) is 1.46. The fraction of sp³-hybridized carbons (Fsp3) is 0.381. The van der Waals surface area contributed by atoms with Crippen molar-refractivity contribution in [3.8, 4) is 5.75 Å². The van der Waals surface area contributed by atoms with Crippen molar-refractivity contribution in [2.24, 2.45) is 0 Å². The van der Waals surface area contributed by atoms with E-state index in [1.807, 2.05) is 18.2 Å². The minimum absolute atomic E-state index is 0.0774. The first-order valence-corrected chi connectivity index (χ1v) is 9.31. The van der Waals surface area contributed by atoms with Gasteiger partial charge in [-0.15, -0.1) is 0 Å². The molecule has 2 aliphatic heterocycles. The van der Waals surface area contributed by atoms with Crippen LogP contribution < -0.4 is 20.3 Å². The summed E-state index contributed by atoms with van der Waals surface area (Å²) in [5.41, 5.74) is 3.21. The van der Waals surface area contributed by atoms with Crippen molar-refractivity contribution >= 4 is 17.3 Å². The standard InChI is InChI=1S/C21H25N3O2/c1-15(11-16-5-3-2-4-6-16)26-18-7-8-19-20(13-18)24-10-9-22-14-17(24)12-21(25)23-19/h2-8,13,15,17,22H,9-12,14H2,1H3,(H,23,25)/t15-,17+/m1/s1. The summed E-state index contributed by atoms with van der Waals surface area (Å²) in [7, 11) is 0. The predicted molar refractivity (Wildman–Crippen MR) is 104 cm³/mol. The van der Waals surface area contributed by atoms with Crippen LogP contribution in [0.3, 0.4) is 0 Å². The van der Waals surface area contributed by atoms with E-state index in [0.717, 1.165) is 43.2 Å². The lowest BCUT2D eigenvalue weighted by molar-refractivity contribution is -0.116. The van der Waals surface area contributed by atoms with Crippen LogP contribution in [0.25, 0.3) is 0 Å². The van der Waals surface area contributed by atoms with Crippen LogP contribution in [0, 0.1) is 0 Å². The van der Waals surface area contributed by atoms with Gasteiger partial charge >= 0.3 is 0 Å². The van der Waals surface area contributed by atoms with Gasteiger partial charge in [-0.2, -0.15) is 0 Å². The number of amides is 1. The van der Waals surface area contributed by atoms with Gasteiger partial charge in [0.25, 0.3) is 0 Å². The van der Waals surface area contributed by atoms with Gasteiger partial charge in [0.15, 0.2) is 0 Å². The average molecular weight is 351 g/mol. The first-order chi connectivity index (χ1) is 12.7. The molecular weight excluding hydrogens is 326 g/mol.